The van der Waals surface area contributed by atoms with Gasteiger partial charge in [0.05, 0.1) is 10.8 Å². The predicted octanol–water partition coefficient (Wildman–Crippen LogP) is 3.89. The smallest absolute Gasteiger partial charge is 0.129 e. The molecule has 0 atom stereocenters. The second-order valence-electron chi connectivity index (χ2n) is 3.95. The van der Waals surface area contributed by atoms with Crippen LogP contribution >= 0.6 is 23.1 Å². The van der Waals surface area contributed by atoms with Gasteiger partial charge >= 0.3 is 0 Å². The zero-order valence-corrected chi connectivity index (χ0v) is 10.7. The molecule has 3 heteroatoms. The fraction of sp³-hybridized carbons (Fsp3) is 0.0714. The number of hydrogen-bond acceptors (Lipinski definition) is 1. The van der Waals surface area contributed by atoms with Crippen molar-refractivity contribution < 1.29 is 3.96 Å². The van der Waals surface area contributed by atoms with E-state index in [1.165, 1.54) is 16.5 Å². The zero-order chi connectivity index (χ0) is 11.7. The first-order valence-electron chi connectivity index (χ1n) is 5.44. The van der Waals surface area contributed by atoms with Gasteiger partial charge in [-0.3, -0.25) is 0 Å². The van der Waals surface area contributed by atoms with Crippen LogP contribution in [-0.4, -0.2) is 0 Å². The van der Waals surface area contributed by atoms with E-state index in [4.69, 9.17) is 11.6 Å². The summed E-state index contributed by atoms with van der Waals surface area (Å²) >= 11 is 7.77. The van der Waals surface area contributed by atoms with Crippen molar-refractivity contribution >= 4 is 34.0 Å². The molecule has 17 heavy (non-hydrogen) atoms. The van der Waals surface area contributed by atoms with E-state index in [-0.39, 0.29) is 0 Å². The molecule has 84 valence electrons. The van der Waals surface area contributed by atoms with Crippen LogP contribution in [0.4, 0.5) is 0 Å². The largest absolute Gasteiger partial charge is 0.228 e. The summed E-state index contributed by atoms with van der Waals surface area (Å²) < 4.78 is 2.26. The number of nitrogens with zero attached hydrogens (tertiary/aromatic N) is 1. The van der Waals surface area contributed by atoms with Gasteiger partial charge in [0.25, 0.3) is 0 Å². The van der Waals surface area contributed by atoms with E-state index in [1.807, 2.05) is 18.2 Å². The number of rotatable bonds is 2. The minimum Gasteiger partial charge on any atom is -0.129 e. The highest BCUT2D eigenvalue weighted by molar-refractivity contribution is 7.00. The van der Waals surface area contributed by atoms with Crippen LogP contribution in [0, 0.1) is 0 Å². The lowest BCUT2D eigenvalue weighted by molar-refractivity contribution is -0.592. The lowest BCUT2D eigenvalue weighted by Crippen LogP contribution is -2.29. The SMILES string of the molecule is Clc1ccc2cs[n+](Cc3ccccc3)c2c1. The van der Waals surface area contributed by atoms with Crippen molar-refractivity contribution in [3.8, 4) is 0 Å². The highest BCUT2D eigenvalue weighted by atomic mass is 35.5. The van der Waals surface area contributed by atoms with Gasteiger partial charge in [0.2, 0.25) is 5.52 Å². The highest BCUT2D eigenvalue weighted by Crippen LogP contribution is 2.19. The van der Waals surface area contributed by atoms with E-state index in [0.29, 0.717) is 0 Å². The number of halogens is 1. The first kappa shape index (κ1) is 10.8. The van der Waals surface area contributed by atoms with Gasteiger partial charge in [-0.1, -0.05) is 41.9 Å². The van der Waals surface area contributed by atoms with Crippen molar-refractivity contribution in [3.63, 3.8) is 0 Å². The molecule has 0 unspecified atom stereocenters. The molecule has 0 radical (unpaired) electrons. The third-order valence-electron chi connectivity index (χ3n) is 2.74. The number of benzene rings is 2. The summed E-state index contributed by atoms with van der Waals surface area (Å²) in [6.45, 7) is 0.898. The Morgan fingerprint density at radius 2 is 1.88 bits per heavy atom. The van der Waals surface area contributed by atoms with Crippen molar-refractivity contribution in [2.45, 2.75) is 6.54 Å². The summed E-state index contributed by atoms with van der Waals surface area (Å²) in [6, 6.07) is 16.5. The van der Waals surface area contributed by atoms with E-state index in [2.05, 4.69) is 39.7 Å². The van der Waals surface area contributed by atoms with Crippen LogP contribution in [0.5, 0.6) is 0 Å². The number of fused-ring (bicyclic) bond motifs is 1. The van der Waals surface area contributed by atoms with Crippen molar-refractivity contribution in [2.75, 3.05) is 0 Å². The molecule has 0 aliphatic rings. The minimum absolute atomic E-state index is 0.790. The van der Waals surface area contributed by atoms with E-state index < -0.39 is 0 Å². The Bertz CT molecular complexity index is 646. The summed E-state index contributed by atoms with van der Waals surface area (Å²) in [5.74, 6) is 0. The maximum absolute atomic E-state index is 6.04. The first-order chi connectivity index (χ1) is 8.33. The Morgan fingerprint density at radius 1 is 1.06 bits per heavy atom. The Balaban J connectivity index is 2.03. The van der Waals surface area contributed by atoms with Crippen LogP contribution in [-0.2, 0) is 6.54 Å². The Hall–Kier alpha value is -1.38. The van der Waals surface area contributed by atoms with E-state index in [0.717, 1.165) is 11.6 Å². The van der Waals surface area contributed by atoms with Gasteiger partial charge in [-0.15, -0.1) is 3.96 Å². The molecule has 0 saturated heterocycles. The summed E-state index contributed by atoms with van der Waals surface area (Å²) in [4.78, 5) is 0. The van der Waals surface area contributed by atoms with Crippen LogP contribution in [0.2, 0.25) is 5.02 Å². The molecule has 0 aliphatic carbocycles. The first-order valence-corrected chi connectivity index (χ1v) is 6.65. The fourth-order valence-electron chi connectivity index (χ4n) is 1.88. The molecule has 0 aliphatic heterocycles. The van der Waals surface area contributed by atoms with Gasteiger partial charge < -0.3 is 0 Å². The molecule has 3 aromatic rings. The molecule has 1 aromatic heterocycles. The maximum atomic E-state index is 6.04. The summed E-state index contributed by atoms with van der Waals surface area (Å²) in [5.41, 5.74) is 2.51. The van der Waals surface area contributed by atoms with Crippen LogP contribution < -0.4 is 3.96 Å². The minimum atomic E-state index is 0.790. The lowest BCUT2D eigenvalue weighted by Gasteiger charge is -1.95. The van der Waals surface area contributed by atoms with Crippen molar-refractivity contribution in [1.82, 2.24) is 0 Å². The fourth-order valence-corrected chi connectivity index (χ4v) is 2.98. The summed E-state index contributed by atoms with van der Waals surface area (Å²) in [7, 11) is 0. The Morgan fingerprint density at radius 3 is 2.71 bits per heavy atom. The van der Waals surface area contributed by atoms with Crippen molar-refractivity contribution in [3.05, 3.63) is 64.5 Å². The molecule has 0 spiro atoms. The van der Waals surface area contributed by atoms with Crippen LogP contribution in [0.1, 0.15) is 5.56 Å². The van der Waals surface area contributed by atoms with E-state index in [9.17, 15) is 0 Å². The number of aromatic nitrogens is 1. The average molecular weight is 261 g/mol. The Kier molecular flexibility index (Phi) is 2.83. The average Bonchev–Trinajstić information content (AvgIpc) is 2.73. The monoisotopic (exact) mass is 260 g/mol. The molecule has 1 heterocycles. The van der Waals surface area contributed by atoms with Gasteiger partial charge in [-0.2, -0.15) is 0 Å². The third-order valence-corrected chi connectivity index (χ3v) is 3.91. The molecule has 3 rings (SSSR count). The molecule has 0 saturated carbocycles. The van der Waals surface area contributed by atoms with Gasteiger partial charge in [0, 0.05) is 16.7 Å². The normalized spacial score (nSPS) is 10.9. The molecule has 0 N–H and O–H groups in total. The van der Waals surface area contributed by atoms with Gasteiger partial charge in [0.15, 0.2) is 6.54 Å². The molecule has 1 nitrogen and oxygen atoms in total. The van der Waals surface area contributed by atoms with Crippen LogP contribution in [0.25, 0.3) is 10.9 Å². The maximum Gasteiger partial charge on any atom is 0.228 e. The molecular formula is C14H11ClNS+. The predicted molar refractivity (Wildman–Crippen MR) is 72.6 cm³/mol. The topological polar surface area (TPSA) is 3.88 Å². The molecule has 2 aromatic carbocycles. The zero-order valence-electron chi connectivity index (χ0n) is 9.14. The van der Waals surface area contributed by atoms with Gasteiger partial charge in [-0.25, -0.2) is 0 Å². The molecule has 0 fully saturated rings. The van der Waals surface area contributed by atoms with Crippen molar-refractivity contribution in [2.24, 2.45) is 0 Å². The molecule has 0 bridgehead atoms. The molecular weight excluding hydrogens is 250 g/mol. The van der Waals surface area contributed by atoms with Crippen LogP contribution in [0.3, 0.4) is 0 Å². The molecule has 0 amide bonds. The van der Waals surface area contributed by atoms with Crippen molar-refractivity contribution in [1.29, 1.82) is 0 Å². The summed E-state index contributed by atoms with van der Waals surface area (Å²) in [6.07, 6.45) is 0. The summed E-state index contributed by atoms with van der Waals surface area (Å²) in [5, 5.41) is 4.20. The third kappa shape index (κ3) is 2.19. The second-order valence-corrected chi connectivity index (χ2v) is 5.27. The Labute approximate surface area is 109 Å². The van der Waals surface area contributed by atoms with E-state index in [1.54, 1.807) is 11.5 Å². The lowest BCUT2D eigenvalue weighted by atomic mass is 10.2. The van der Waals surface area contributed by atoms with Crippen LogP contribution in [0.15, 0.2) is 53.9 Å². The van der Waals surface area contributed by atoms with E-state index >= 15 is 0 Å². The second kappa shape index (κ2) is 4.47. The standard InChI is InChI=1S/C14H11ClNS/c15-13-7-6-12-10-17-16(14(12)8-13)9-11-4-2-1-3-5-11/h1-8,10H,9H2/q+1. The highest BCUT2D eigenvalue weighted by Gasteiger charge is 2.13. The van der Waals surface area contributed by atoms with Gasteiger partial charge in [0.1, 0.15) is 11.5 Å². The van der Waals surface area contributed by atoms with Gasteiger partial charge in [-0.05, 0) is 12.1 Å². The quantitative estimate of drug-likeness (QED) is 0.616. The number of hydrogen-bond donors (Lipinski definition) is 0.